The average molecular weight is 494 g/mol. The molecule has 3 aliphatic heterocycles. The minimum atomic E-state index is -0.272. The quantitative estimate of drug-likeness (QED) is 0.611. The molecular weight excluding hydrogens is 458 g/mol. The highest BCUT2D eigenvalue weighted by Crippen LogP contribution is 2.44. The average Bonchev–Trinajstić information content (AvgIpc) is 3.26. The largest absolute Gasteiger partial charge is 0.461 e. The van der Waals surface area contributed by atoms with Crippen LogP contribution in [-0.4, -0.2) is 79.9 Å². The van der Waals surface area contributed by atoms with Crippen LogP contribution in [0.25, 0.3) is 0 Å². The van der Waals surface area contributed by atoms with E-state index in [0.29, 0.717) is 12.2 Å². The molecule has 36 heavy (non-hydrogen) atoms. The van der Waals surface area contributed by atoms with Gasteiger partial charge < -0.3 is 19.7 Å². The van der Waals surface area contributed by atoms with Gasteiger partial charge in [0.25, 0.3) is 5.56 Å². The number of anilines is 2. The third-order valence-electron chi connectivity index (χ3n) is 8.39. The Kier molecular flexibility index (Phi) is 6.43. The fourth-order valence-corrected chi connectivity index (χ4v) is 6.15. The molecule has 6 rings (SSSR count). The van der Waals surface area contributed by atoms with Crippen molar-refractivity contribution in [1.29, 1.82) is 0 Å². The molecule has 192 valence electrons. The summed E-state index contributed by atoms with van der Waals surface area (Å²) < 4.78 is 10.9. The standard InChI is InChI=1S/C27H35N5O4/c33-24-20-3-1-2-4-22(20)29-26(30-24)32-9-7-27(8-10-32)18-28-23-17-19(5-6-21(23)27)25(34)36-16-13-31-11-14-35-15-12-31/h5-6,17,28H,1-4,7-16,18H2,(H,29,30,33). The lowest BCUT2D eigenvalue weighted by Gasteiger charge is -2.39. The highest BCUT2D eigenvalue weighted by Gasteiger charge is 2.42. The molecular formula is C27H35N5O4. The summed E-state index contributed by atoms with van der Waals surface area (Å²) in [4.78, 5) is 37.6. The number of aromatic nitrogens is 2. The number of H-pyrrole nitrogens is 1. The molecule has 1 spiro atoms. The monoisotopic (exact) mass is 493 g/mol. The van der Waals surface area contributed by atoms with E-state index in [4.69, 9.17) is 14.5 Å². The number of hydrogen-bond donors (Lipinski definition) is 2. The van der Waals surface area contributed by atoms with Crippen molar-refractivity contribution < 1.29 is 14.3 Å². The summed E-state index contributed by atoms with van der Waals surface area (Å²) in [5.41, 5.74) is 4.84. The summed E-state index contributed by atoms with van der Waals surface area (Å²) >= 11 is 0. The number of aromatic amines is 1. The van der Waals surface area contributed by atoms with Gasteiger partial charge in [-0.3, -0.25) is 14.7 Å². The molecule has 2 N–H and O–H groups in total. The Morgan fingerprint density at radius 1 is 1.11 bits per heavy atom. The molecule has 0 amide bonds. The van der Waals surface area contributed by atoms with Crippen molar-refractivity contribution >= 4 is 17.6 Å². The third kappa shape index (κ3) is 4.50. The van der Waals surface area contributed by atoms with Crippen molar-refractivity contribution in [2.75, 3.05) is 69.3 Å². The number of esters is 1. The lowest BCUT2D eigenvalue weighted by molar-refractivity contribution is 0.0195. The van der Waals surface area contributed by atoms with Crippen LogP contribution in [0.2, 0.25) is 0 Å². The summed E-state index contributed by atoms with van der Waals surface area (Å²) in [6, 6.07) is 5.94. The molecule has 1 aromatic heterocycles. The molecule has 0 bridgehead atoms. The molecule has 0 atom stereocenters. The normalized spacial score (nSPS) is 21.1. The van der Waals surface area contributed by atoms with E-state index in [0.717, 1.165) is 114 Å². The van der Waals surface area contributed by atoms with Crippen molar-refractivity contribution in [2.24, 2.45) is 0 Å². The van der Waals surface area contributed by atoms with Crippen LogP contribution < -0.4 is 15.8 Å². The number of fused-ring (bicyclic) bond motifs is 3. The van der Waals surface area contributed by atoms with Gasteiger partial charge in [-0.15, -0.1) is 0 Å². The third-order valence-corrected chi connectivity index (χ3v) is 8.39. The molecule has 2 fully saturated rings. The topological polar surface area (TPSA) is 99.8 Å². The maximum absolute atomic E-state index is 12.6. The zero-order valence-electron chi connectivity index (χ0n) is 20.8. The first-order chi connectivity index (χ1) is 17.6. The lowest BCUT2D eigenvalue weighted by atomic mass is 9.74. The van der Waals surface area contributed by atoms with Crippen LogP contribution >= 0.6 is 0 Å². The van der Waals surface area contributed by atoms with E-state index in [1.807, 2.05) is 12.1 Å². The van der Waals surface area contributed by atoms with Gasteiger partial charge in [0.15, 0.2) is 0 Å². The van der Waals surface area contributed by atoms with Gasteiger partial charge in [-0.05, 0) is 56.2 Å². The number of hydrogen-bond acceptors (Lipinski definition) is 8. The van der Waals surface area contributed by atoms with Crippen molar-refractivity contribution in [3.63, 3.8) is 0 Å². The number of aryl methyl sites for hydroxylation is 1. The molecule has 1 aromatic carbocycles. The molecule has 9 nitrogen and oxygen atoms in total. The minimum absolute atomic E-state index is 0.0345. The van der Waals surface area contributed by atoms with E-state index in [-0.39, 0.29) is 16.9 Å². The van der Waals surface area contributed by atoms with Crippen LogP contribution in [0.15, 0.2) is 23.0 Å². The molecule has 4 heterocycles. The maximum atomic E-state index is 12.6. The van der Waals surface area contributed by atoms with Crippen LogP contribution in [0.3, 0.4) is 0 Å². The van der Waals surface area contributed by atoms with Gasteiger partial charge in [0.1, 0.15) is 6.61 Å². The van der Waals surface area contributed by atoms with Gasteiger partial charge in [0.2, 0.25) is 5.95 Å². The molecule has 4 aliphatic rings. The highest BCUT2D eigenvalue weighted by atomic mass is 16.5. The second-order valence-corrected chi connectivity index (χ2v) is 10.5. The van der Waals surface area contributed by atoms with Crippen LogP contribution in [0.1, 0.15) is 52.9 Å². The molecule has 0 radical (unpaired) electrons. The molecule has 0 unspecified atom stereocenters. The van der Waals surface area contributed by atoms with Gasteiger partial charge in [0, 0.05) is 55.9 Å². The first kappa shape index (κ1) is 23.5. The first-order valence-electron chi connectivity index (χ1n) is 13.3. The number of nitrogens with zero attached hydrogens (tertiary/aromatic N) is 3. The number of carbonyl (C=O) groups is 1. The zero-order valence-corrected chi connectivity index (χ0v) is 20.8. The summed E-state index contributed by atoms with van der Waals surface area (Å²) in [7, 11) is 0. The van der Waals surface area contributed by atoms with Crippen LogP contribution in [0, 0.1) is 0 Å². The SMILES string of the molecule is O=C(OCCN1CCOCC1)c1ccc2c(c1)NCC21CCN(c2nc3c(c(=O)[nH]2)CCCC3)CC1. The van der Waals surface area contributed by atoms with E-state index in [1.54, 1.807) is 0 Å². The predicted octanol–water partition coefficient (Wildman–Crippen LogP) is 2.10. The Morgan fingerprint density at radius 2 is 1.92 bits per heavy atom. The smallest absolute Gasteiger partial charge is 0.338 e. The number of ether oxygens (including phenoxy) is 2. The number of morpholine rings is 1. The fourth-order valence-electron chi connectivity index (χ4n) is 6.15. The van der Waals surface area contributed by atoms with Gasteiger partial charge in [0.05, 0.1) is 24.5 Å². The first-order valence-corrected chi connectivity index (χ1v) is 13.3. The van der Waals surface area contributed by atoms with Gasteiger partial charge in [-0.1, -0.05) is 6.07 Å². The summed E-state index contributed by atoms with van der Waals surface area (Å²) in [5.74, 6) is 0.447. The molecule has 1 aliphatic carbocycles. The molecule has 2 aromatic rings. The highest BCUT2D eigenvalue weighted by molar-refractivity contribution is 5.91. The van der Waals surface area contributed by atoms with Crippen molar-refractivity contribution in [3.8, 4) is 0 Å². The summed E-state index contributed by atoms with van der Waals surface area (Å²) in [6.45, 7) is 6.93. The van der Waals surface area contributed by atoms with Crippen LogP contribution in [-0.2, 0) is 27.7 Å². The minimum Gasteiger partial charge on any atom is -0.461 e. The maximum Gasteiger partial charge on any atom is 0.338 e. The molecule has 0 saturated carbocycles. The van der Waals surface area contributed by atoms with Crippen molar-refractivity contribution in [1.82, 2.24) is 14.9 Å². The number of rotatable bonds is 5. The van der Waals surface area contributed by atoms with E-state index in [1.165, 1.54) is 5.56 Å². The molecule has 2 saturated heterocycles. The van der Waals surface area contributed by atoms with E-state index in [2.05, 4.69) is 26.2 Å². The Morgan fingerprint density at radius 3 is 2.75 bits per heavy atom. The second-order valence-electron chi connectivity index (χ2n) is 10.5. The van der Waals surface area contributed by atoms with Gasteiger partial charge >= 0.3 is 5.97 Å². The zero-order chi connectivity index (χ0) is 24.5. The number of piperidine rings is 1. The van der Waals surface area contributed by atoms with Gasteiger partial charge in [-0.2, -0.15) is 0 Å². The number of carbonyl (C=O) groups excluding carboxylic acids is 1. The Bertz CT molecular complexity index is 1180. The van der Waals surface area contributed by atoms with E-state index in [9.17, 15) is 9.59 Å². The second kappa shape index (κ2) is 9.86. The number of nitrogens with one attached hydrogen (secondary N) is 2. The lowest BCUT2D eigenvalue weighted by Crippen LogP contribution is -2.45. The number of benzene rings is 1. The Balaban J connectivity index is 1.09. The Hall–Kier alpha value is -2.91. The van der Waals surface area contributed by atoms with Crippen LogP contribution in [0.4, 0.5) is 11.6 Å². The van der Waals surface area contributed by atoms with Crippen LogP contribution in [0.5, 0.6) is 0 Å². The predicted molar refractivity (Wildman–Crippen MR) is 137 cm³/mol. The Labute approximate surface area is 211 Å². The van der Waals surface area contributed by atoms with Crippen molar-refractivity contribution in [3.05, 3.63) is 50.9 Å². The van der Waals surface area contributed by atoms with E-state index >= 15 is 0 Å². The summed E-state index contributed by atoms with van der Waals surface area (Å²) in [6.07, 6.45) is 5.86. The van der Waals surface area contributed by atoms with Gasteiger partial charge in [-0.25, -0.2) is 9.78 Å². The van der Waals surface area contributed by atoms with E-state index < -0.39 is 0 Å². The fraction of sp³-hybridized carbons (Fsp3) is 0.593. The molecule has 9 heteroatoms. The summed E-state index contributed by atoms with van der Waals surface area (Å²) in [5, 5.41) is 3.55. The van der Waals surface area contributed by atoms with Crippen molar-refractivity contribution in [2.45, 2.75) is 43.9 Å².